The first-order chi connectivity index (χ1) is 6.38. The normalized spacial score (nSPS) is 8.15. The number of nitrogens with zero attached hydrogens (tertiary/aromatic N) is 1. The summed E-state index contributed by atoms with van der Waals surface area (Å²) >= 11 is 1.45. The van der Waals surface area contributed by atoms with Gasteiger partial charge in [0.1, 0.15) is 6.07 Å². The van der Waals surface area contributed by atoms with Crippen molar-refractivity contribution in [3.8, 4) is 6.07 Å². The molecule has 0 heterocycles. The van der Waals surface area contributed by atoms with Crippen molar-refractivity contribution in [2.45, 2.75) is 18.7 Å². The highest BCUT2D eigenvalue weighted by Gasteiger charge is 1.97. The van der Waals surface area contributed by atoms with Gasteiger partial charge >= 0.3 is 0 Å². The molecule has 0 spiro atoms. The Balaban J connectivity index is 0.000000671. The van der Waals surface area contributed by atoms with Crippen LogP contribution in [-0.2, 0) is 0 Å². The second-order valence-corrected chi connectivity index (χ2v) is 2.97. The van der Waals surface area contributed by atoms with Gasteiger partial charge in [0.2, 0.25) is 0 Å². The van der Waals surface area contributed by atoms with Gasteiger partial charge in [-0.15, -0.1) is 0 Å². The van der Waals surface area contributed by atoms with Gasteiger partial charge in [0.25, 0.3) is 0 Å². The van der Waals surface area contributed by atoms with Gasteiger partial charge in [-0.1, -0.05) is 26.0 Å². The van der Waals surface area contributed by atoms with Crippen molar-refractivity contribution in [2.75, 3.05) is 7.05 Å². The predicted octanol–water partition coefficient (Wildman–Crippen LogP) is 2.81. The van der Waals surface area contributed by atoms with Crippen molar-refractivity contribution in [1.29, 1.82) is 5.26 Å². The number of hydrogen-bond acceptors (Lipinski definition) is 3. The Morgan fingerprint density at radius 3 is 2.46 bits per heavy atom. The minimum atomic E-state index is 0.715. The summed E-state index contributed by atoms with van der Waals surface area (Å²) in [4.78, 5) is 0.970. The number of nitrogens with one attached hydrogen (secondary N) is 1. The average molecular weight is 194 g/mol. The number of hydrogen-bond donors (Lipinski definition) is 1. The van der Waals surface area contributed by atoms with E-state index in [-0.39, 0.29) is 0 Å². The second-order valence-electron chi connectivity index (χ2n) is 1.91. The molecule has 0 radical (unpaired) electrons. The third kappa shape index (κ3) is 3.97. The molecule has 0 atom stereocenters. The quantitative estimate of drug-likeness (QED) is 0.735. The molecule has 0 saturated heterocycles. The summed E-state index contributed by atoms with van der Waals surface area (Å²) in [5.41, 5.74) is 0.715. The maximum Gasteiger partial charge on any atom is 0.100 e. The fraction of sp³-hybridized carbons (Fsp3) is 0.300. The molecule has 1 rings (SSSR count). The first-order valence-corrected chi connectivity index (χ1v) is 5.03. The van der Waals surface area contributed by atoms with Crippen LogP contribution in [0.15, 0.2) is 29.2 Å². The zero-order valence-corrected chi connectivity index (χ0v) is 8.98. The van der Waals surface area contributed by atoms with Crippen molar-refractivity contribution >= 4 is 11.9 Å². The molecular formula is C10H14N2S. The lowest BCUT2D eigenvalue weighted by atomic mass is 10.2. The first kappa shape index (κ1) is 12.0. The summed E-state index contributed by atoms with van der Waals surface area (Å²) in [5, 5.41) is 8.65. The van der Waals surface area contributed by atoms with E-state index < -0.39 is 0 Å². The standard InChI is InChI=1S/C8H8N2S.C2H6/c1-10-11-8-5-3-2-4-7(8)6-9;1-2/h2-5,10H,1H3;1-2H3. The summed E-state index contributed by atoms with van der Waals surface area (Å²) in [7, 11) is 1.83. The van der Waals surface area contributed by atoms with Gasteiger partial charge in [-0.2, -0.15) is 5.26 Å². The van der Waals surface area contributed by atoms with Crippen molar-refractivity contribution in [2.24, 2.45) is 0 Å². The van der Waals surface area contributed by atoms with Gasteiger partial charge in [0.15, 0.2) is 0 Å². The van der Waals surface area contributed by atoms with Gasteiger partial charge < -0.3 is 0 Å². The van der Waals surface area contributed by atoms with E-state index in [1.165, 1.54) is 11.9 Å². The van der Waals surface area contributed by atoms with Crippen LogP contribution in [0.4, 0.5) is 0 Å². The third-order valence-corrected chi connectivity index (χ3v) is 2.00. The molecule has 0 bridgehead atoms. The molecule has 0 aliphatic rings. The van der Waals surface area contributed by atoms with Gasteiger partial charge in [0, 0.05) is 4.90 Å². The lowest BCUT2D eigenvalue weighted by molar-refractivity contribution is 1.26. The summed E-state index contributed by atoms with van der Waals surface area (Å²) < 4.78 is 2.92. The topological polar surface area (TPSA) is 35.8 Å². The fourth-order valence-corrected chi connectivity index (χ4v) is 1.35. The zero-order valence-electron chi connectivity index (χ0n) is 8.16. The van der Waals surface area contributed by atoms with E-state index in [4.69, 9.17) is 5.26 Å². The van der Waals surface area contributed by atoms with Crippen molar-refractivity contribution < 1.29 is 0 Å². The molecule has 3 heteroatoms. The first-order valence-electron chi connectivity index (χ1n) is 4.21. The van der Waals surface area contributed by atoms with E-state index in [0.29, 0.717) is 5.56 Å². The van der Waals surface area contributed by atoms with E-state index >= 15 is 0 Å². The summed E-state index contributed by atoms with van der Waals surface area (Å²) in [6, 6.07) is 9.62. The molecule has 0 fully saturated rings. The number of benzene rings is 1. The number of rotatable bonds is 2. The highest BCUT2D eigenvalue weighted by molar-refractivity contribution is 7.97. The number of nitriles is 1. The van der Waals surface area contributed by atoms with Gasteiger partial charge in [0.05, 0.1) is 5.56 Å². The van der Waals surface area contributed by atoms with Crippen LogP contribution in [0.5, 0.6) is 0 Å². The second kappa shape index (κ2) is 7.66. The van der Waals surface area contributed by atoms with E-state index in [0.717, 1.165) is 4.90 Å². The molecule has 0 aliphatic heterocycles. The van der Waals surface area contributed by atoms with E-state index in [2.05, 4.69) is 10.8 Å². The molecule has 1 aromatic rings. The Bertz CT molecular complexity index is 278. The summed E-state index contributed by atoms with van der Waals surface area (Å²) in [5.74, 6) is 0. The molecule has 0 unspecified atom stereocenters. The van der Waals surface area contributed by atoms with Crippen molar-refractivity contribution in [3.63, 3.8) is 0 Å². The van der Waals surface area contributed by atoms with E-state index in [9.17, 15) is 0 Å². The molecule has 1 N–H and O–H groups in total. The van der Waals surface area contributed by atoms with Crippen LogP contribution in [0.1, 0.15) is 19.4 Å². The highest BCUT2D eigenvalue weighted by Crippen LogP contribution is 2.17. The SMILES string of the molecule is CC.CNSc1ccccc1C#N. The Kier molecular flexibility index (Phi) is 7.08. The molecule has 0 saturated carbocycles. The largest absolute Gasteiger partial charge is 0.263 e. The van der Waals surface area contributed by atoms with Crippen LogP contribution in [0.3, 0.4) is 0 Å². The molecule has 13 heavy (non-hydrogen) atoms. The van der Waals surface area contributed by atoms with Crippen LogP contribution < -0.4 is 4.72 Å². The molecular weight excluding hydrogens is 180 g/mol. The smallest absolute Gasteiger partial charge is 0.100 e. The lowest BCUT2D eigenvalue weighted by Gasteiger charge is -1.99. The summed E-state index contributed by atoms with van der Waals surface area (Å²) in [6.07, 6.45) is 0. The Hall–Kier alpha value is -0.980. The van der Waals surface area contributed by atoms with Crippen LogP contribution in [0, 0.1) is 11.3 Å². The van der Waals surface area contributed by atoms with E-state index in [1.807, 2.05) is 39.1 Å². The Labute approximate surface area is 84.1 Å². The zero-order chi connectivity index (χ0) is 10.1. The van der Waals surface area contributed by atoms with Crippen LogP contribution in [0.25, 0.3) is 0 Å². The summed E-state index contributed by atoms with van der Waals surface area (Å²) in [6.45, 7) is 4.00. The van der Waals surface area contributed by atoms with Gasteiger partial charge in [-0.25, -0.2) is 0 Å². The fourth-order valence-electron chi connectivity index (χ4n) is 0.758. The van der Waals surface area contributed by atoms with Crippen LogP contribution in [-0.4, -0.2) is 7.05 Å². The predicted molar refractivity (Wildman–Crippen MR) is 57.4 cm³/mol. The van der Waals surface area contributed by atoms with Crippen LogP contribution >= 0.6 is 11.9 Å². The average Bonchev–Trinajstić information content (AvgIpc) is 2.22. The minimum absolute atomic E-state index is 0.715. The lowest BCUT2D eigenvalue weighted by Crippen LogP contribution is -1.92. The minimum Gasteiger partial charge on any atom is -0.263 e. The molecule has 0 aromatic heterocycles. The monoisotopic (exact) mass is 194 g/mol. The Morgan fingerprint density at radius 1 is 1.31 bits per heavy atom. The maximum atomic E-state index is 8.65. The molecule has 1 aromatic carbocycles. The van der Waals surface area contributed by atoms with Crippen molar-refractivity contribution in [3.05, 3.63) is 29.8 Å². The third-order valence-electron chi connectivity index (χ3n) is 1.22. The van der Waals surface area contributed by atoms with E-state index in [1.54, 1.807) is 6.07 Å². The molecule has 0 amide bonds. The molecule has 70 valence electrons. The van der Waals surface area contributed by atoms with Gasteiger partial charge in [-0.05, 0) is 31.1 Å². The Morgan fingerprint density at radius 2 is 1.92 bits per heavy atom. The van der Waals surface area contributed by atoms with Gasteiger partial charge in [-0.3, -0.25) is 4.72 Å². The van der Waals surface area contributed by atoms with Crippen molar-refractivity contribution in [1.82, 2.24) is 4.72 Å². The van der Waals surface area contributed by atoms with Crippen LogP contribution in [0.2, 0.25) is 0 Å². The highest BCUT2D eigenvalue weighted by atomic mass is 32.2. The molecule has 0 aliphatic carbocycles. The molecule has 2 nitrogen and oxygen atoms in total. The maximum absolute atomic E-state index is 8.65.